The van der Waals surface area contributed by atoms with Crippen LogP contribution in [0.5, 0.6) is 5.88 Å². The van der Waals surface area contributed by atoms with Crippen LogP contribution in [-0.4, -0.2) is 92.4 Å². The van der Waals surface area contributed by atoms with Crippen LogP contribution in [0.3, 0.4) is 0 Å². The summed E-state index contributed by atoms with van der Waals surface area (Å²) in [6, 6.07) is 5.57. The highest BCUT2D eigenvalue weighted by molar-refractivity contribution is 7.88. The van der Waals surface area contributed by atoms with E-state index in [0.717, 1.165) is 39.6 Å². The highest BCUT2D eigenvalue weighted by Crippen LogP contribution is 2.35. The molecule has 3 aromatic rings. The predicted molar refractivity (Wildman–Crippen MR) is 147 cm³/mol. The zero-order valence-electron chi connectivity index (χ0n) is 21.3. The number of morpholine rings is 1. The molecule has 2 aliphatic heterocycles. The number of fused-ring (bicyclic) bond motifs is 1. The zero-order chi connectivity index (χ0) is 26.7. The SMILES string of the molecule is COc1ccc(-c2nc(N3CCOCC3)c3sc(/C=C/C(=O)NC4CCN(S(C)(=O)=O)CC4)cc3n2)cn1. The molecule has 0 bridgehead atoms. The lowest BCUT2D eigenvalue weighted by Crippen LogP contribution is -2.45. The number of ether oxygens (including phenoxy) is 2. The van der Waals surface area contributed by atoms with E-state index in [0.29, 0.717) is 50.8 Å². The fourth-order valence-electron chi connectivity index (χ4n) is 4.51. The van der Waals surface area contributed by atoms with Crippen molar-refractivity contribution in [2.45, 2.75) is 18.9 Å². The number of methoxy groups -OCH3 is 1. The van der Waals surface area contributed by atoms with Gasteiger partial charge in [-0.05, 0) is 31.1 Å². The van der Waals surface area contributed by atoms with E-state index in [1.807, 2.05) is 12.1 Å². The Bertz CT molecular complexity index is 1430. The quantitative estimate of drug-likeness (QED) is 0.434. The van der Waals surface area contributed by atoms with Crippen LogP contribution in [0, 0.1) is 0 Å². The molecule has 0 aromatic carbocycles. The second kappa shape index (κ2) is 11.3. The summed E-state index contributed by atoms with van der Waals surface area (Å²) in [6.07, 6.45) is 7.40. The maximum atomic E-state index is 12.6. The van der Waals surface area contributed by atoms with Crippen molar-refractivity contribution in [2.24, 2.45) is 0 Å². The monoisotopic (exact) mass is 558 g/mol. The van der Waals surface area contributed by atoms with Gasteiger partial charge in [0.05, 0.1) is 36.8 Å². The van der Waals surface area contributed by atoms with E-state index in [4.69, 9.17) is 19.4 Å². The lowest BCUT2D eigenvalue weighted by atomic mass is 10.1. The number of sulfonamides is 1. The third kappa shape index (κ3) is 6.12. The summed E-state index contributed by atoms with van der Waals surface area (Å²) in [4.78, 5) is 29.7. The third-order valence-electron chi connectivity index (χ3n) is 6.56. The number of rotatable bonds is 7. The van der Waals surface area contributed by atoms with Gasteiger partial charge < -0.3 is 19.7 Å². The number of amides is 1. The van der Waals surface area contributed by atoms with Gasteiger partial charge in [0.1, 0.15) is 0 Å². The summed E-state index contributed by atoms with van der Waals surface area (Å²) in [6.45, 7) is 3.56. The molecule has 3 aromatic heterocycles. The number of nitrogens with one attached hydrogen (secondary N) is 1. The smallest absolute Gasteiger partial charge is 0.244 e. The molecule has 5 rings (SSSR count). The van der Waals surface area contributed by atoms with Gasteiger partial charge in [-0.2, -0.15) is 0 Å². The number of carbonyl (C=O) groups is 1. The molecule has 0 unspecified atom stereocenters. The molecule has 13 heteroatoms. The molecule has 2 aliphatic rings. The zero-order valence-corrected chi connectivity index (χ0v) is 22.9. The molecule has 38 heavy (non-hydrogen) atoms. The topological polar surface area (TPSA) is 127 Å². The van der Waals surface area contributed by atoms with Crippen molar-refractivity contribution in [2.75, 3.05) is 57.7 Å². The van der Waals surface area contributed by atoms with Crippen LogP contribution in [0.1, 0.15) is 17.7 Å². The largest absolute Gasteiger partial charge is 0.481 e. The minimum absolute atomic E-state index is 0.0491. The maximum absolute atomic E-state index is 12.6. The first kappa shape index (κ1) is 26.5. The van der Waals surface area contributed by atoms with Crippen molar-refractivity contribution in [3.63, 3.8) is 0 Å². The third-order valence-corrected chi connectivity index (χ3v) is 8.94. The van der Waals surface area contributed by atoms with Gasteiger partial charge in [-0.25, -0.2) is 27.7 Å². The van der Waals surface area contributed by atoms with Crippen molar-refractivity contribution in [1.29, 1.82) is 0 Å². The fraction of sp³-hybridized carbons (Fsp3) is 0.440. The second-order valence-electron chi connectivity index (χ2n) is 9.20. The average Bonchev–Trinajstić information content (AvgIpc) is 3.35. The molecule has 0 saturated carbocycles. The number of pyridine rings is 1. The lowest BCUT2D eigenvalue weighted by molar-refractivity contribution is -0.117. The van der Waals surface area contributed by atoms with E-state index >= 15 is 0 Å². The predicted octanol–water partition coefficient (Wildman–Crippen LogP) is 2.15. The van der Waals surface area contributed by atoms with E-state index < -0.39 is 10.0 Å². The van der Waals surface area contributed by atoms with E-state index in [2.05, 4.69) is 15.2 Å². The van der Waals surface area contributed by atoms with Crippen LogP contribution in [-0.2, 0) is 19.6 Å². The standard InChI is InChI=1S/C25H30N6O5S2/c1-35-22-6-3-17(16-26-22)24-28-20-15-19(37-23(20)25(29-24)30-11-13-36-14-12-30)4-5-21(32)27-18-7-9-31(10-8-18)38(2,33)34/h3-6,15-16,18H,7-14H2,1-2H3,(H,27,32)/b5-4+. The Hall–Kier alpha value is -3.13. The van der Waals surface area contributed by atoms with Crippen LogP contribution in [0.25, 0.3) is 27.7 Å². The molecule has 0 atom stereocenters. The number of piperidine rings is 1. The number of aromatic nitrogens is 3. The molecule has 0 aliphatic carbocycles. The first-order valence-corrected chi connectivity index (χ1v) is 15.0. The van der Waals surface area contributed by atoms with Crippen LogP contribution < -0.4 is 15.0 Å². The average molecular weight is 559 g/mol. The summed E-state index contributed by atoms with van der Waals surface area (Å²) in [5.41, 5.74) is 1.58. The summed E-state index contributed by atoms with van der Waals surface area (Å²) >= 11 is 1.54. The van der Waals surface area contributed by atoms with Gasteiger partial charge in [-0.3, -0.25) is 4.79 Å². The van der Waals surface area contributed by atoms with Crippen LogP contribution >= 0.6 is 11.3 Å². The Balaban J connectivity index is 1.35. The van der Waals surface area contributed by atoms with Crippen molar-refractivity contribution < 1.29 is 22.7 Å². The van der Waals surface area contributed by atoms with Gasteiger partial charge in [0, 0.05) is 61.0 Å². The summed E-state index contributed by atoms with van der Waals surface area (Å²) in [5, 5.41) is 2.99. The first-order valence-electron chi connectivity index (χ1n) is 12.4. The minimum Gasteiger partial charge on any atom is -0.481 e. The summed E-state index contributed by atoms with van der Waals surface area (Å²) in [5.74, 6) is 1.73. The first-order chi connectivity index (χ1) is 18.3. The summed E-state index contributed by atoms with van der Waals surface area (Å²) in [7, 11) is -1.62. The Labute approximate surface area is 225 Å². The highest BCUT2D eigenvalue weighted by Gasteiger charge is 2.25. The second-order valence-corrected chi connectivity index (χ2v) is 12.3. The molecule has 1 N–H and O–H groups in total. The maximum Gasteiger partial charge on any atom is 0.244 e. The molecule has 11 nitrogen and oxygen atoms in total. The Morgan fingerprint density at radius 3 is 2.61 bits per heavy atom. The van der Waals surface area contributed by atoms with Crippen LogP contribution in [0.2, 0.25) is 0 Å². The summed E-state index contributed by atoms with van der Waals surface area (Å²) < 4.78 is 36.5. The van der Waals surface area contributed by atoms with Gasteiger partial charge >= 0.3 is 0 Å². The number of anilines is 1. The molecular formula is C25H30N6O5S2. The fourth-order valence-corrected chi connectivity index (χ4v) is 6.40. The van der Waals surface area contributed by atoms with Crippen molar-refractivity contribution in [1.82, 2.24) is 24.6 Å². The minimum atomic E-state index is -3.20. The van der Waals surface area contributed by atoms with Gasteiger partial charge in [0.25, 0.3) is 0 Å². The van der Waals surface area contributed by atoms with Crippen LogP contribution in [0.4, 0.5) is 5.82 Å². The number of thiophene rings is 1. The van der Waals surface area contributed by atoms with Crippen molar-refractivity contribution in [3.05, 3.63) is 35.3 Å². The van der Waals surface area contributed by atoms with Crippen molar-refractivity contribution >= 4 is 49.4 Å². The van der Waals surface area contributed by atoms with Gasteiger partial charge in [-0.15, -0.1) is 11.3 Å². The Morgan fingerprint density at radius 1 is 1.18 bits per heavy atom. The number of nitrogens with zero attached hydrogens (tertiary/aromatic N) is 5. The Kier molecular flexibility index (Phi) is 7.88. The van der Waals surface area contributed by atoms with Crippen molar-refractivity contribution in [3.8, 4) is 17.3 Å². The number of hydrogen-bond donors (Lipinski definition) is 1. The molecule has 1 amide bonds. The van der Waals surface area contributed by atoms with Gasteiger partial charge in [0.2, 0.25) is 21.8 Å². The van der Waals surface area contributed by atoms with Gasteiger partial charge in [-0.1, -0.05) is 0 Å². The molecule has 202 valence electrons. The van der Waals surface area contributed by atoms with E-state index in [1.54, 1.807) is 25.4 Å². The normalized spacial score (nSPS) is 17.8. The molecule has 2 saturated heterocycles. The number of hydrogen-bond acceptors (Lipinski definition) is 10. The van der Waals surface area contributed by atoms with E-state index in [1.165, 1.54) is 28.0 Å². The van der Waals surface area contributed by atoms with E-state index in [9.17, 15) is 13.2 Å². The molecule has 2 fully saturated rings. The Morgan fingerprint density at radius 2 is 1.95 bits per heavy atom. The molecule has 0 radical (unpaired) electrons. The van der Waals surface area contributed by atoms with Gasteiger partial charge in [0.15, 0.2) is 11.6 Å². The highest BCUT2D eigenvalue weighted by atomic mass is 32.2. The molecular weight excluding hydrogens is 528 g/mol. The lowest BCUT2D eigenvalue weighted by Gasteiger charge is -2.30. The molecule has 0 spiro atoms. The van der Waals surface area contributed by atoms with E-state index in [-0.39, 0.29) is 11.9 Å². The number of carbonyl (C=O) groups excluding carboxylic acids is 1. The van der Waals surface area contributed by atoms with Crippen LogP contribution in [0.15, 0.2) is 30.5 Å². The molecule has 5 heterocycles.